The van der Waals surface area contributed by atoms with Gasteiger partial charge in [0.15, 0.2) is 0 Å². The summed E-state index contributed by atoms with van der Waals surface area (Å²) in [5.41, 5.74) is 0.600. The van der Waals surface area contributed by atoms with E-state index in [1.165, 1.54) is 6.42 Å². The standard InChI is InChI=1S/C23H34O4/c1-21-8-5-16(24)12-15(21)3-4-19-18(21)6-9-22(2)17(7-10-23(19,22)26)14-11-20(25)27-13-14/h11,15-19,24,26H,3-10,12-13H2,1-2H3/t15?,16-,17?,18?,19?,21-,22+,23-/m0/s1. The van der Waals surface area contributed by atoms with Gasteiger partial charge < -0.3 is 14.9 Å². The van der Waals surface area contributed by atoms with E-state index >= 15 is 0 Å². The molecule has 1 aliphatic heterocycles. The van der Waals surface area contributed by atoms with Gasteiger partial charge >= 0.3 is 5.97 Å². The van der Waals surface area contributed by atoms with Crippen molar-refractivity contribution in [1.29, 1.82) is 0 Å². The van der Waals surface area contributed by atoms with Crippen molar-refractivity contribution < 1.29 is 19.7 Å². The maximum Gasteiger partial charge on any atom is 0.331 e. The second-order valence-corrected chi connectivity index (χ2v) is 10.7. The summed E-state index contributed by atoms with van der Waals surface area (Å²) in [6.45, 7) is 5.15. The minimum absolute atomic E-state index is 0.126. The van der Waals surface area contributed by atoms with E-state index in [0.29, 0.717) is 24.4 Å². The number of carbonyl (C=O) groups is 1. The third-order valence-electron chi connectivity index (χ3n) is 9.96. The predicted octanol–water partition coefficient (Wildman–Crippen LogP) is 3.60. The van der Waals surface area contributed by atoms with Crippen LogP contribution in [0.1, 0.15) is 71.6 Å². The molecule has 2 N–H and O–H groups in total. The van der Waals surface area contributed by atoms with Crippen molar-refractivity contribution in [3.05, 3.63) is 11.6 Å². The first-order valence-corrected chi connectivity index (χ1v) is 11.1. The Morgan fingerprint density at radius 3 is 2.59 bits per heavy atom. The Bertz CT molecular complexity index is 686. The molecule has 4 nitrogen and oxygen atoms in total. The average molecular weight is 375 g/mol. The maximum absolute atomic E-state index is 12.1. The Kier molecular flexibility index (Phi) is 3.92. The lowest BCUT2D eigenvalue weighted by molar-refractivity contribution is -0.208. The van der Waals surface area contributed by atoms with Crippen molar-refractivity contribution in [2.75, 3.05) is 6.61 Å². The van der Waals surface area contributed by atoms with Crippen LogP contribution < -0.4 is 0 Å². The molecule has 0 amide bonds. The van der Waals surface area contributed by atoms with Gasteiger partial charge in [-0.15, -0.1) is 0 Å². The molecule has 27 heavy (non-hydrogen) atoms. The van der Waals surface area contributed by atoms with E-state index in [9.17, 15) is 15.0 Å². The van der Waals surface area contributed by atoms with E-state index in [-0.39, 0.29) is 28.8 Å². The Hall–Kier alpha value is -0.870. The number of carbonyl (C=O) groups excluding carboxylic acids is 1. The molecule has 5 aliphatic rings. The molecule has 0 aromatic heterocycles. The number of aliphatic hydroxyl groups is 2. The molecule has 4 fully saturated rings. The van der Waals surface area contributed by atoms with Crippen molar-refractivity contribution in [2.45, 2.75) is 83.3 Å². The molecule has 4 unspecified atom stereocenters. The van der Waals surface area contributed by atoms with E-state index in [1.54, 1.807) is 6.08 Å². The number of cyclic esters (lactones) is 1. The minimum atomic E-state index is -0.628. The van der Waals surface area contributed by atoms with Crippen molar-refractivity contribution >= 4 is 5.97 Å². The van der Waals surface area contributed by atoms with Crippen molar-refractivity contribution in [2.24, 2.45) is 34.5 Å². The number of rotatable bonds is 1. The summed E-state index contributed by atoms with van der Waals surface area (Å²) in [5.74, 6) is 1.59. The van der Waals surface area contributed by atoms with Crippen LogP contribution in [0, 0.1) is 34.5 Å². The Labute approximate surface area is 162 Å². The zero-order valence-corrected chi connectivity index (χ0v) is 16.7. The van der Waals surface area contributed by atoms with Gasteiger partial charge in [0, 0.05) is 11.5 Å². The number of fused-ring (bicyclic) bond motifs is 5. The highest BCUT2D eigenvalue weighted by molar-refractivity contribution is 5.85. The van der Waals surface area contributed by atoms with Crippen LogP contribution in [0.25, 0.3) is 0 Å². The van der Waals surface area contributed by atoms with Gasteiger partial charge in [0.25, 0.3) is 0 Å². The predicted molar refractivity (Wildman–Crippen MR) is 102 cm³/mol. The summed E-state index contributed by atoms with van der Waals surface area (Å²) in [6.07, 6.45) is 10.8. The monoisotopic (exact) mass is 374 g/mol. The van der Waals surface area contributed by atoms with Crippen molar-refractivity contribution in [1.82, 2.24) is 0 Å². The zero-order valence-electron chi connectivity index (χ0n) is 16.7. The lowest BCUT2D eigenvalue weighted by Gasteiger charge is -2.63. The lowest BCUT2D eigenvalue weighted by atomic mass is 9.43. The molecule has 0 radical (unpaired) electrons. The molecular formula is C23H34O4. The minimum Gasteiger partial charge on any atom is -0.458 e. The smallest absolute Gasteiger partial charge is 0.331 e. The van der Waals surface area contributed by atoms with Crippen molar-refractivity contribution in [3.63, 3.8) is 0 Å². The fourth-order valence-electron chi connectivity index (χ4n) is 8.39. The fraction of sp³-hybridized carbons (Fsp3) is 0.870. The number of hydrogen-bond donors (Lipinski definition) is 2. The van der Waals surface area contributed by atoms with E-state index in [2.05, 4.69) is 13.8 Å². The van der Waals surface area contributed by atoms with E-state index in [0.717, 1.165) is 56.9 Å². The van der Waals surface area contributed by atoms with Gasteiger partial charge in [0.1, 0.15) is 6.61 Å². The molecule has 0 aromatic rings. The summed E-state index contributed by atoms with van der Waals surface area (Å²) in [6, 6.07) is 0. The van der Waals surface area contributed by atoms with Gasteiger partial charge in [-0.25, -0.2) is 4.79 Å². The average Bonchev–Trinajstić information content (AvgIpc) is 3.16. The molecule has 4 heteroatoms. The van der Waals surface area contributed by atoms with Crippen LogP contribution in [-0.4, -0.2) is 34.5 Å². The van der Waals surface area contributed by atoms with Gasteiger partial charge in [0.2, 0.25) is 0 Å². The molecule has 1 heterocycles. The number of aliphatic hydroxyl groups excluding tert-OH is 1. The second kappa shape index (κ2) is 5.82. The van der Waals surface area contributed by atoms with Gasteiger partial charge in [0.05, 0.1) is 11.7 Å². The number of hydrogen-bond acceptors (Lipinski definition) is 4. The third-order valence-corrected chi connectivity index (χ3v) is 9.96. The number of ether oxygens (including phenoxy) is 1. The van der Waals surface area contributed by atoms with E-state index in [4.69, 9.17) is 4.74 Å². The Morgan fingerprint density at radius 2 is 1.85 bits per heavy atom. The molecule has 8 atom stereocenters. The van der Waals surface area contributed by atoms with Crippen LogP contribution in [0.15, 0.2) is 11.6 Å². The van der Waals surface area contributed by atoms with Crippen LogP contribution >= 0.6 is 0 Å². The second-order valence-electron chi connectivity index (χ2n) is 10.7. The zero-order chi connectivity index (χ0) is 19.0. The summed E-state index contributed by atoms with van der Waals surface area (Å²) in [4.78, 5) is 11.6. The SMILES string of the molecule is C[C@]12CC[C@H](O)CC1CCC1C2CC[C@]2(C)C(C3=CC(=O)OC3)CC[C@]12O. The highest BCUT2D eigenvalue weighted by atomic mass is 16.5. The lowest BCUT2D eigenvalue weighted by Crippen LogP contribution is -2.62. The van der Waals surface area contributed by atoms with Gasteiger partial charge in [-0.3, -0.25) is 0 Å². The van der Waals surface area contributed by atoms with E-state index < -0.39 is 5.60 Å². The summed E-state index contributed by atoms with van der Waals surface area (Å²) in [7, 11) is 0. The van der Waals surface area contributed by atoms with E-state index in [1.807, 2.05) is 0 Å². The van der Waals surface area contributed by atoms with Crippen LogP contribution in [0.3, 0.4) is 0 Å². The number of esters is 1. The Balaban J connectivity index is 1.47. The molecule has 0 bridgehead atoms. The molecule has 0 aromatic carbocycles. The highest BCUT2D eigenvalue weighted by Crippen LogP contribution is 2.69. The normalized spacial score (nSPS) is 54.6. The quantitative estimate of drug-likeness (QED) is 0.688. The van der Waals surface area contributed by atoms with Crippen LogP contribution in [0.2, 0.25) is 0 Å². The van der Waals surface area contributed by atoms with Gasteiger partial charge in [-0.2, -0.15) is 0 Å². The molecule has 4 aliphatic carbocycles. The highest BCUT2D eigenvalue weighted by Gasteiger charge is 2.67. The van der Waals surface area contributed by atoms with Crippen LogP contribution in [0.5, 0.6) is 0 Å². The molecule has 150 valence electrons. The topological polar surface area (TPSA) is 66.8 Å². The van der Waals surface area contributed by atoms with Crippen LogP contribution in [-0.2, 0) is 9.53 Å². The molecule has 0 saturated heterocycles. The molecular weight excluding hydrogens is 340 g/mol. The van der Waals surface area contributed by atoms with Crippen LogP contribution in [0.4, 0.5) is 0 Å². The first-order valence-electron chi connectivity index (χ1n) is 11.1. The summed E-state index contributed by atoms with van der Waals surface area (Å²) >= 11 is 0. The Morgan fingerprint density at radius 1 is 1.04 bits per heavy atom. The van der Waals surface area contributed by atoms with Gasteiger partial charge in [-0.05, 0) is 92.4 Å². The largest absolute Gasteiger partial charge is 0.458 e. The first kappa shape index (κ1) is 18.2. The first-order chi connectivity index (χ1) is 12.8. The third kappa shape index (κ3) is 2.32. The van der Waals surface area contributed by atoms with Gasteiger partial charge in [-0.1, -0.05) is 13.8 Å². The molecule has 0 spiro atoms. The fourth-order valence-corrected chi connectivity index (χ4v) is 8.39. The molecule has 5 rings (SSSR count). The summed E-state index contributed by atoms with van der Waals surface area (Å²) in [5, 5.41) is 22.3. The summed E-state index contributed by atoms with van der Waals surface area (Å²) < 4.78 is 5.20. The molecule has 4 saturated carbocycles. The maximum atomic E-state index is 12.1. The van der Waals surface area contributed by atoms with Crippen molar-refractivity contribution in [3.8, 4) is 0 Å².